The zero-order chi connectivity index (χ0) is 20.8. The molecule has 2 aromatic rings. The molecular weight excluding hydrogens is 376 g/mol. The summed E-state index contributed by atoms with van der Waals surface area (Å²) in [6.45, 7) is -0.473. The number of ether oxygens (including phenoxy) is 2. The summed E-state index contributed by atoms with van der Waals surface area (Å²) in [5.74, 6) is -2.40. The fraction of sp³-hybridized carbons (Fsp3) is 0.238. The molecule has 1 fully saturated rings. The van der Waals surface area contributed by atoms with Gasteiger partial charge in [-0.15, -0.1) is 0 Å². The Hall–Kier alpha value is -3.68. The summed E-state index contributed by atoms with van der Waals surface area (Å²) < 4.78 is 10.3. The summed E-state index contributed by atoms with van der Waals surface area (Å²) in [6, 6.07) is 15.2. The molecule has 0 aliphatic carbocycles. The second kappa shape index (κ2) is 9.01. The maximum absolute atomic E-state index is 12.3. The summed E-state index contributed by atoms with van der Waals surface area (Å²) in [5, 5.41) is 2.15. The summed E-state index contributed by atoms with van der Waals surface area (Å²) >= 11 is 0. The molecule has 0 unspecified atom stereocenters. The Morgan fingerprint density at radius 3 is 2.48 bits per heavy atom. The lowest BCUT2D eigenvalue weighted by molar-refractivity contribution is -0.152. The number of benzene rings is 2. The number of carbonyl (C=O) groups excluding carboxylic acids is 4. The Kier molecular flexibility index (Phi) is 6.23. The Labute approximate surface area is 167 Å². The molecule has 1 atom stereocenters. The van der Waals surface area contributed by atoms with Crippen molar-refractivity contribution in [3.63, 3.8) is 0 Å². The predicted molar refractivity (Wildman–Crippen MR) is 103 cm³/mol. The fourth-order valence-electron chi connectivity index (χ4n) is 3.03. The van der Waals surface area contributed by atoms with Crippen LogP contribution in [0.15, 0.2) is 54.6 Å². The number of nitrogens with zero attached hydrogens (tertiary/aromatic N) is 1. The average molecular weight is 396 g/mol. The van der Waals surface area contributed by atoms with E-state index < -0.39 is 30.3 Å². The lowest BCUT2D eigenvalue weighted by atomic mass is 10.1. The van der Waals surface area contributed by atoms with Crippen LogP contribution in [-0.4, -0.2) is 44.0 Å². The van der Waals surface area contributed by atoms with Crippen LogP contribution in [0, 0.1) is 5.92 Å². The van der Waals surface area contributed by atoms with E-state index in [1.54, 1.807) is 54.6 Å². The van der Waals surface area contributed by atoms with Crippen LogP contribution in [0.25, 0.3) is 0 Å². The van der Waals surface area contributed by atoms with E-state index in [-0.39, 0.29) is 18.9 Å². The first-order chi connectivity index (χ1) is 14.0. The Morgan fingerprint density at radius 1 is 1.07 bits per heavy atom. The van der Waals surface area contributed by atoms with E-state index in [0.717, 1.165) is 0 Å². The minimum absolute atomic E-state index is 0.0263. The summed E-state index contributed by atoms with van der Waals surface area (Å²) in [7, 11) is 1.50. The summed E-state index contributed by atoms with van der Waals surface area (Å²) in [6.07, 6.45) is -0.0263. The smallest absolute Gasteiger partial charge is 0.311 e. The number of para-hydroxylation sites is 2. The van der Waals surface area contributed by atoms with Gasteiger partial charge in [-0.1, -0.05) is 30.3 Å². The lowest BCUT2D eigenvalue weighted by Crippen LogP contribution is -2.35. The van der Waals surface area contributed by atoms with Crippen molar-refractivity contribution in [2.24, 2.45) is 5.92 Å². The maximum atomic E-state index is 12.3. The van der Waals surface area contributed by atoms with Crippen molar-refractivity contribution in [1.82, 2.24) is 5.32 Å². The highest BCUT2D eigenvalue weighted by Crippen LogP contribution is 2.33. The van der Waals surface area contributed by atoms with E-state index >= 15 is 0 Å². The van der Waals surface area contributed by atoms with E-state index in [4.69, 9.17) is 9.47 Å². The average Bonchev–Trinajstić information content (AvgIpc) is 3.14. The van der Waals surface area contributed by atoms with Crippen LogP contribution in [-0.2, 0) is 19.1 Å². The number of esters is 1. The molecule has 0 saturated carbocycles. The van der Waals surface area contributed by atoms with Gasteiger partial charge < -0.3 is 14.4 Å². The monoisotopic (exact) mass is 396 g/mol. The topological polar surface area (TPSA) is 102 Å². The number of nitrogens with one attached hydrogen (secondary N) is 1. The van der Waals surface area contributed by atoms with Gasteiger partial charge >= 0.3 is 5.97 Å². The van der Waals surface area contributed by atoms with Crippen LogP contribution in [0.4, 0.5) is 5.69 Å². The third-order valence-electron chi connectivity index (χ3n) is 4.47. The van der Waals surface area contributed by atoms with Crippen LogP contribution in [0.2, 0.25) is 0 Å². The number of hydrogen-bond acceptors (Lipinski definition) is 6. The number of methoxy groups -OCH3 is 1. The zero-order valence-electron chi connectivity index (χ0n) is 15.8. The van der Waals surface area contributed by atoms with E-state index in [9.17, 15) is 19.2 Å². The molecule has 3 amide bonds. The zero-order valence-corrected chi connectivity index (χ0v) is 15.8. The number of anilines is 1. The van der Waals surface area contributed by atoms with Crippen molar-refractivity contribution in [1.29, 1.82) is 0 Å². The SMILES string of the molecule is COc1ccccc1N1C[C@H](C(=O)OCC(=O)NC(=O)c2ccccc2)CC1=O. The first kappa shape index (κ1) is 20.1. The maximum Gasteiger partial charge on any atom is 0.311 e. The molecule has 1 aliphatic rings. The number of imide groups is 1. The number of carbonyl (C=O) groups is 4. The van der Waals surface area contributed by atoms with Gasteiger partial charge in [-0.05, 0) is 24.3 Å². The quantitative estimate of drug-likeness (QED) is 0.744. The molecule has 0 bridgehead atoms. The lowest BCUT2D eigenvalue weighted by Gasteiger charge is -2.19. The van der Waals surface area contributed by atoms with Gasteiger partial charge in [-0.25, -0.2) is 0 Å². The Morgan fingerprint density at radius 2 is 1.76 bits per heavy atom. The second-order valence-corrected chi connectivity index (χ2v) is 6.43. The van der Waals surface area contributed by atoms with Crippen molar-refractivity contribution in [3.05, 3.63) is 60.2 Å². The molecule has 2 aromatic carbocycles. The number of hydrogen-bond donors (Lipinski definition) is 1. The van der Waals surface area contributed by atoms with E-state index in [1.807, 2.05) is 0 Å². The fourth-order valence-corrected chi connectivity index (χ4v) is 3.03. The molecule has 0 spiro atoms. The standard InChI is InChI=1S/C21H20N2O6/c1-28-17-10-6-5-9-16(17)23-12-15(11-19(23)25)21(27)29-13-18(24)22-20(26)14-7-3-2-4-8-14/h2-10,15H,11-13H2,1H3,(H,22,24,26)/t15-/m1/s1. The molecule has 3 rings (SSSR count). The van der Waals surface area contributed by atoms with Crippen molar-refractivity contribution in [2.75, 3.05) is 25.2 Å². The first-order valence-corrected chi connectivity index (χ1v) is 8.99. The Bertz CT molecular complexity index is 928. The molecule has 150 valence electrons. The van der Waals surface area contributed by atoms with Crippen molar-refractivity contribution in [2.45, 2.75) is 6.42 Å². The van der Waals surface area contributed by atoms with Gasteiger partial charge in [0.1, 0.15) is 5.75 Å². The van der Waals surface area contributed by atoms with Gasteiger partial charge in [0, 0.05) is 18.5 Å². The van der Waals surface area contributed by atoms with Crippen LogP contribution in [0.3, 0.4) is 0 Å². The molecule has 1 heterocycles. The highest BCUT2D eigenvalue weighted by Gasteiger charge is 2.37. The molecule has 0 radical (unpaired) electrons. The normalized spacial score (nSPS) is 15.7. The summed E-state index contributed by atoms with van der Waals surface area (Å²) in [4.78, 5) is 49.9. The second-order valence-electron chi connectivity index (χ2n) is 6.43. The van der Waals surface area contributed by atoms with Crippen LogP contribution in [0.1, 0.15) is 16.8 Å². The van der Waals surface area contributed by atoms with E-state index in [2.05, 4.69) is 5.32 Å². The molecule has 1 aliphatic heterocycles. The number of rotatable bonds is 6. The first-order valence-electron chi connectivity index (χ1n) is 8.99. The van der Waals surface area contributed by atoms with Crippen molar-refractivity contribution in [3.8, 4) is 5.75 Å². The van der Waals surface area contributed by atoms with Gasteiger partial charge in [-0.2, -0.15) is 0 Å². The Balaban J connectivity index is 1.53. The summed E-state index contributed by atoms with van der Waals surface area (Å²) in [5.41, 5.74) is 0.891. The minimum atomic E-state index is -0.738. The van der Waals surface area contributed by atoms with Gasteiger partial charge in [-0.3, -0.25) is 24.5 Å². The van der Waals surface area contributed by atoms with E-state index in [1.165, 1.54) is 12.0 Å². The van der Waals surface area contributed by atoms with Gasteiger partial charge in [0.05, 0.1) is 18.7 Å². The third-order valence-corrected chi connectivity index (χ3v) is 4.47. The molecule has 1 saturated heterocycles. The molecule has 8 nitrogen and oxygen atoms in total. The highest BCUT2D eigenvalue weighted by molar-refractivity contribution is 6.05. The number of amides is 3. The highest BCUT2D eigenvalue weighted by atomic mass is 16.5. The van der Waals surface area contributed by atoms with Gasteiger partial charge in [0.15, 0.2) is 6.61 Å². The largest absolute Gasteiger partial charge is 0.495 e. The molecule has 8 heteroatoms. The van der Waals surface area contributed by atoms with Crippen molar-refractivity contribution >= 4 is 29.4 Å². The molecule has 1 N–H and O–H groups in total. The molecule has 29 heavy (non-hydrogen) atoms. The predicted octanol–water partition coefficient (Wildman–Crippen LogP) is 1.55. The third kappa shape index (κ3) is 4.78. The molecular formula is C21H20N2O6. The molecule has 0 aromatic heterocycles. The van der Waals surface area contributed by atoms with E-state index in [0.29, 0.717) is 17.0 Å². The minimum Gasteiger partial charge on any atom is -0.495 e. The van der Waals surface area contributed by atoms with Gasteiger partial charge in [0.25, 0.3) is 11.8 Å². The van der Waals surface area contributed by atoms with Crippen molar-refractivity contribution < 1.29 is 28.7 Å². The van der Waals surface area contributed by atoms with Crippen LogP contribution in [0.5, 0.6) is 5.75 Å². The van der Waals surface area contributed by atoms with Crippen LogP contribution >= 0.6 is 0 Å². The van der Waals surface area contributed by atoms with Gasteiger partial charge in [0.2, 0.25) is 5.91 Å². The van der Waals surface area contributed by atoms with Crippen LogP contribution < -0.4 is 15.0 Å².